The Bertz CT molecular complexity index is 803. The van der Waals surface area contributed by atoms with Crippen molar-refractivity contribution in [3.05, 3.63) is 77.4 Å². The van der Waals surface area contributed by atoms with Crippen molar-refractivity contribution in [1.29, 1.82) is 0 Å². The molecule has 0 spiro atoms. The molecule has 0 aliphatic carbocycles. The molecule has 1 heterocycles. The van der Waals surface area contributed by atoms with Gasteiger partial charge in [-0.1, -0.05) is 48.0 Å². The third-order valence-corrected chi connectivity index (χ3v) is 4.08. The second-order valence-electron chi connectivity index (χ2n) is 5.23. The highest BCUT2D eigenvalue weighted by Crippen LogP contribution is 2.31. The van der Waals surface area contributed by atoms with Crippen LogP contribution in [0.1, 0.15) is 5.69 Å². The van der Waals surface area contributed by atoms with Crippen molar-refractivity contribution >= 4 is 23.0 Å². The Morgan fingerprint density at radius 1 is 0.957 bits per heavy atom. The van der Waals surface area contributed by atoms with E-state index in [4.69, 9.17) is 22.3 Å². The minimum absolute atomic E-state index is 0.387. The summed E-state index contributed by atoms with van der Waals surface area (Å²) in [5.74, 6) is 0. The number of hydrogen-bond donors (Lipinski definition) is 1. The van der Waals surface area contributed by atoms with Crippen molar-refractivity contribution in [2.75, 3.05) is 11.6 Å². The summed E-state index contributed by atoms with van der Waals surface area (Å²) >= 11 is 6.27. The van der Waals surface area contributed by atoms with Gasteiger partial charge in [0.1, 0.15) is 0 Å². The lowest BCUT2D eigenvalue weighted by atomic mass is 10.1. The summed E-state index contributed by atoms with van der Waals surface area (Å²) in [6, 6.07) is 21.8. The normalized spacial score (nSPS) is 10.6. The number of para-hydroxylation sites is 1. The molecule has 4 heteroatoms. The van der Waals surface area contributed by atoms with Gasteiger partial charge < -0.3 is 10.6 Å². The molecule has 1 aromatic heterocycles. The smallest absolute Gasteiger partial charge is 0.0721 e. The van der Waals surface area contributed by atoms with E-state index in [1.54, 1.807) is 0 Å². The van der Waals surface area contributed by atoms with Crippen LogP contribution in [-0.4, -0.2) is 11.7 Å². The zero-order valence-electron chi connectivity index (χ0n) is 12.9. The predicted molar refractivity (Wildman–Crippen MR) is 97.1 cm³/mol. The first-order valence-electron chi connectivity index (χ1n) is 7.46. The fraction of sp³-hybridized carbons (Fsp3) is 0.105. The summed E-state index contributed by atoms with van der Waals surface area (Å²) < 4.78 is 0. The van der Waals surface area contributed by atoms with Gasteiger partial charge in [0.25, 0.3) is 0 Å². The summed E-state index contributed by atoms with van der Waals surface area (Å²) in [5.41, 5.74) is 10.7. The highest BCUT2D eigenvalue weighted by Gasteiger charge is 2.13. The lowest BCUT2D eigenvalue weighted by Gasteiger charge is -2.24. The van der Waals surface area contributed by atoms with Gasteiger partial charge >= 0.3 is 0 Å². The first kappa shape index (κ1) is 15.5. The van der Waals surface area contributed by atoms with Crippen molar-refractivity contribution in [3.8, 4) is 11.3 Å². The van der Waals surface area contributed by atoms with E-state index in [9.17, 15) is 0 Å². The first-order valence-corrected chi connectivity index (χ1v) is 7.83. The van der Waals surface area contributed by atoms with Crippen LogP contribution in [0.2, 0.25) is 5.02 Å². The number of rotatable bonds is 4. The van der Waals surface area contributed by atoms with Crippen molar-refractivity contribution in [1.82, 2.24) is 4.98 Å². The SMILES string of the molecule is Cc1nc(-c2ccccc2Cl)ccc1N(CN)c1ccccc1. The van der Waals surface area contributed by atoms with Gasteiger partial charge in [-0.15, -0.1) is 0 Å². The first-order chi connectivity index (χ1) is 11.2. The number of nitrogens with zero attached hydrogens (tertiary/aromatic N) is 2. The molecule has 0 bridgehead atoms. The van der Waals surface area contributed by atoms with Crippen LogP contribution < -0.4 is 10.6 Å². The number of aryl methyl sites for hydroxylation is 1. The van der Waals surface area contributed by atoms with Crippen molar-refractivity contribution < 1.29 is 0 Å². The molecule has 0 radical (unpaired) electrons. The molecule has 0 fully saturated rings. The van der Waals surface area contributed by atoms with Crippen molar-refractivity contribution in [2.24, 2.45) is 5.73 Å². The van der Waals surface area contributed by atoms with Crippen LogP contribution in [0.5, 0.6) is 0 Å². The van der Waals surface area contributed by atoms with Crippen LogP contribution in [0.4, 0.5) is 11.4 Å². The molecule has 0 saturated carbocycles. The molecule has 0 amide bonds. The number of anilines is 2. The molecule has 116 valence electrons. The maximum absolute atomic E-state index is 6.27. The topological polar surface area (TPSA) is 42.2 Å². The van der Waals surface area contributed by atoms with Gasteiger partial charge in [-0.05, 0) is 37.3 Å². The quantitative estimate of drug-likeness (QED) is 0.703. The van der Waals surface area contributed by atoms with Crippen LogP contribution in [0.15, 0.2) is 66.7 Å². The Morgan fingerprint density at radius 2 is 1.65 bits per heavy atom. The van der Waals surface area contributed by atoms with E-state index >= 15 is 0 Å². The van der Waals surface area contributed by atoms with Crippen molar-refractivity contribution in [2.45, 2.75) is 6.92 Å². The average Bonchev–Trinajstić information content (AvgIpc) is 2.58. The minimum atomic E-state index is 0.387. The zero-order valence-corrected chi connectivity index (χ0v) is 13.7. The highest BCUT2D eigenvalue weighted by atomic mass is 35.5. The zero-order chi connectivity index (χ0) is 16.2. The summed E-state index contributed by atoms with van der Waals surface area (Å²) in [6.07, 6.45) is 0. The van der Waals surface area contributed by atoms with E-state index in [-0.39, 0.29) is 0 Å². The number of nitrogens with two attached hydrogens (primary N) is 1. The number of halogens is 1. The van der Waals surface area contributed by atoms with Crippen LogP contribution in [0.3, 0.4) is 0 Å². The Hall–Kier alpha value is -2.36. The molecule has 0 aliphatic heterocycles. The molecular weight excluding hydrogens is 306 g/mol. The van der Waals surface area contributed by atoms with E-state index in [1.165, 1.54) is 0 Å². The molecule has 0 atom stereocenters. The van der Waals surface area contributed by atoms with Gasteiger partial charge in [-0.3, -0.25) is 4.98 Å². The number of aromatic nitrogens is 1. The van der Waals surface area contributed by atoms with Gasteiger partial charge in [0.05, 0.1) is 23.7 Å². The molecule has 0 aliphatic rings. The molecule has 2 aromatic carbocycles. The maximum Gasteiger partial charge on any atom is 0.0721 e. The monoisotopic (exact) mass is 323 g/mol. The summed E-state index contributed by atoms with van der Waals surface area (Å²) in [4.78, 5) is 6.76. The lowest BCUT2D eigenvalue weighted by Crippen LogP contribution is -2.25. The maximum atomic E-state index is 6.27. The molecule has 23 heavy (non-hydrogen) atoms. The Morgan fingerprint density at radius 3 is 2.30 bits per heavy atom. The molecule has 0 saturated heterocycles. The highest BCUT2D eigenvalue weighted by molar-refractivity contribution is 6.33. The second-order valence-corrected chi connectivity index (χ2v) is 5.63. The van der Waals surface area contributed by atoms with Gasteiger partial charge in [0.2, 0.25) is 0 Å². The molecule has 3 nitrogen and oxygen atoms in total. The Kier molecular flexibility index (Phi) is 4.60. The number of benzene rings is 2. The van der Waals surface area contributed by atoms with Crippen LogP contribution in [0.25, 0.3) is 11.3 Å². The molecule has 2 N–H and O–H groups in total. The van der Waals surface area contributed by atoms with Crippen LogP contribution in [-0.2, 0) is 0 Å². The van der Waals surface area contributed by atoms with E-state index in [0.29, 0.717) is 11.7 Å². The van der Waals surface area contributed by atoms with Gasteiger partial charge in [-0.2, -0.15) is 0 Å². The number of pyridine rings is 1. The molecule has 3 rings (SSSR count). The largest absolute Gasteiger partial charge is 0.327 e. The predicted octanol–water partition coefficient (Wildman–Crippen LogP) is 4.76. The van der Waals surface area contributed by atoms with E-state index in [0.717, 1.165) is 28.3 Å². The van der Waals surface area contributed by atoms with Crippen LogP contribution >= 0.6 is 11.6 Å². The third-order valence-electron chi connectivity index (χ3n) is 3.75. The van der Waals surface area contributed by atoms with Gasteiger partial charge in [0.15, 0.2) is 0 Å². The lowest BCUT2D eigenvalue weighted by molar-refractivity contribution is 0.965. The average molecular weight is 324 g/mol. The van der Waals surface area contributed by atoms with Crippen molar-refractivity contribution in [3.63, 3.8) is 0 Å². The number of hydrogen-bond acceptors (Lipinski definition) is 3. The minimum Gasteiger partial charge on any atom is -0.327 e. The summed E-state index contributed by atoms with van der Waals surface area (Å²) in [7, 11) is 0. The molecule has 3 aromatic rings. The standard InChI is InChI=1S/C19H18ClN3/c1-14-19(23(13-21)15-7-3-2-4-8-15)12-11-18(22-14)16-9-5-6-10-17(16)20/h2-12H,13,21H2,1H3. The summed E-state index contributed by atoms with van der Waals surface area (Å²) in [6.45, 7) is 2.37. The Balaban J connectivity index is 2.01. The van der Waals surface area contributed by atoms with E-state index < -0.39 is 0 Å². The molecule has 0 unspecified atom stereocenters. The summed E-state index contributed by atoms with van der Waals surface area (Å²) in [5, 5.41) is 0.700. The van der Waals surface area contributed by atoms with Gasteiger partial charge in [0, 0.05) is 16.3 Å². The fourth-order valence-corrected chi connectivity index (χ4v) is 2.84. The van der Waals surface area contributed by atoms with E-state index in [1.807, 2.05) is 78.6 Å². The third kappa shape index (κ3) is 3.21. The molecular formula is C19H18ClN3. The second kappa shape index (κ2) is 6.82. The van der Waals surface area contributed by atoms with E-state index in [2.05, 4.69) is 0 Å². The van der Waals surface area contributed by atoms with Crippen LogP contribution in [0, 0.1) is 6.92 Å². The Labute approximate surface area is 141 Å². The van der Waals surface area contributed by atoms with Gasteiger partial charge in [-0.25, -0.2) is 0 Å². The fourth-order valence-electron chi connectivity index (χ4n) is 2.61.